The molecule has 0 N–H and O–H groups in total. The van der Waals surface area contributed by atoms with Gasteiger partial charge in [-0.3, -0.25) is 0 Å². The molecular formula is C14H12N2O. The molecular weight excluding hydrogens is 212 g/mol. The highest BCUT2D eigenvalue weighted by atomic mass is 16.5. The third-order valence-electron chi connectivity index (χ3n) is 1.90. The number of hydrogen-bond donors (Lipinski definition) is 0. The van der Waals surface area contributed by atoms with Gasteiger partial charge in [0.25, 0.3) is 0 Å². The van der Waals surface area contributed by atoms with Crippen LogP contribution in [-0.2, 0) is 0 Å². The summed E-state index contributed by atoms with van der Waals surface area (Å²) in [7, 11) is 0. The summed E-state index contributed by atoms with van der Waals surface area (Å²) in [5, 5.41) is 17.3. The van der Waals surface area contributed by atoms with Gasteiger partial charge in [-0.1, -0.05) is 18.7 Å². The van der Waals surface area contributed by atoms with Crippen molar-refractivity contribution in [1.29, 1.82) is 10.5 Å². The molecule has 0 aliphatic heterocycles. The highest BCUT2D eigenvalue weighted by Crippen LogP contribution is 2.16. The molecule has 0 bridgehead atoms. The van der Waals surface area contributed by atoms with Crippen LogP contribution in [0.1, 0.15) is 12.5 Å². The first-order valence-electron chi connectivity index (χ1n) is 5.05. The van der Waals surface area contributed by atoms with Crippen LogP contribution in [0.2, 0.25) is 0 Å². The molecule has 0 saturated carbocycles. The summed E-state index contributed by atoms with van der Waals surface area (Å²) in [6.45, 7) is 6.08. The number of nitrogens with zero attached hydrogens (tertiary/aromatic N) is 2. The summed E-state index contributed by atoms with van der Waals surface area (Å²) >= 11 is 0. The number of benzene rings is 1. The molecule has 3 heteroatoms. The standard InChI is InChI=1S/C14H12N2O/c1-11(2)10-17-14-5-3-4-12(7-14)6-13(8-15)9-16/h3-7H,1,10H2,2H3. The van der Waals surface area contributed by atoms with Crippen LogP contribution < -0.4 is 4.74 Å². The first kappa shape index (κ1) is 12.5. The van der Waals surface area contributed by atoms with Crippen molar-refractivity contribution in [2.75, 3.05) is 6.61 Å². The number of allylic oxidation sites excluding steroid dienone is 1. The topological polar surface area (TPSA) is 56.8 Å². The normalized spacial score (nSPS) is 8.65. The minimum atomic E-state index is 0.0713. The number of hydrogen-bond acceptors (Lipinski definition) is 3. The second kappa shape index (κ2) is 6.15. The van der Waals surface area contributed by atoms with Gasteiger partial charge in [-0.05, 0) is 36.3 Å². The van der Waals surface area contributed by atoms with Gasteiger partial charge in [0.05, 0.1) is 0 Å². The van der Waals surface area contributed by atoms with E-state index in [2.05, 4.69) is 6.58 Å². The number of rotatable bonds is 4. The molecule has 1 aromatic rings. The average Bonchev–Trinajstić information content (AvgIpc) is 2.34. The maximum absolute atomic E-state index is 8.65. The van der Waals surface area contributed by atoms with E-state index in [0.29, 0.717) is 12.4 Å². The van der Waals surface area contributed by atoms with Gasteiger partial charge in [-0.25, -0.2) is 0 Å². The average molecular weight is 224 g/mol. The zero-order valence-electron chi connectivity index (χ0n) is 9.60. The molecule has 0 fully saturated rings. The van der Waals surface area contributed by atoms with Crippen LogP contribution in [0.5, 0.6) is 5.75 Å². The third-order valence-corrected chi connectivity index (χ3v) is 1.90. The van der Waals surface area contributed by atoms with Gasteiger partial charge in [0, 0.05) is 0 Å². The second-order valence-corrected chi connectivity index (χ2v) is 3.60. The first-order chi connectivity index (χ1) is 8.15. The van der Waals surface area contributed by atoms with Crippen molar-refractivity contribution in [3.8, 4) is 17.9 Å². The molecule has 1 rings (SSSR count). The van der Waals surface area contributed by atoms with E-state index in [9.17, 15) is 0 Å². The van der Waals surface area contributed by atoms with Crippen LogP contribution in [0.25, 0.3) is 6.08 Å². The Morgan fingerprint density at radius 3 is 2.71 bits per heavy atom. The number of nitriles is 2. The maximum atomic E-state index is 8.65. The summed E-state index contributed by atoms with van der Waals surface area (Å²) in [5.74, 6) is 0.692. The fourth-order valence-electron chi connectivity index (χ4n) is 1.16. The molecule has 0 amide bonds. The lowest BCUT2D eigenvalue weighted by Gasteiger charge is -2.05. The lowest BCUT2D eigenvalue weighted by atomic mass is 10.1. The van der Waals surface area contributed by atoms with Gasteiger partial charge in [-0.15, -0.1) is 0 Å². The summed E-state index contributed by atoms with van der Waals surface area (Å²) in [4.78, 5) is 0. The van der Waals surface area contributed by atoms with Gasteiger partial charge in [0.15, 0.2) is 0 Å². The lowest BCUT2D eigenvalue weighted by molar-refractivity contribution is 0.352. The molecule has 0 aromatic heterocycles. The molecule has 17 heavy (non-hydrogen) atoms. The van der Waals surface area contributed by atoms with Crippen molar-refractivity contribution in [2.45, 2.75) is 6.92 Å². The van der Waals surface area contributed by atoms with Crippen LogP contribution in [0.4, 0.5) is 0 Å². The molecule has 84 valence electrons. The van der Waals surface area contributed by atoms with Gasteiger partial charge >= 0.3 is 0 Å². The zero-order chi connectivity index (χ0) is 12.7. The summed E-state index contributed by atoms with van der Waals surface area (Å²) < 4.78 is 5.46. The molecule has 3 nitrogen and oxygen atoms in total. The Kier molecular flexibility index (Phi) is 4.54. The largest absolute Gasteiger partial charge is 0.489 e. The molecule has 0 heterocycles. The van der Waals surface area contributed by atoms with E-state index in [1.807, 2.05) is 37.3 Å². The summed E-state index contributed by atoms with van der Waals surface area (Å²) in [6.07, 6.45) is 1.52. The quantitative estimate of drug-likeness (QED) is 0.583. The lowest BCUT2D eigenvalue weighted by Crippen LogP contribution is -1.97. The molecule has 0 unspecified atom stereocenters. The van der Waals surface area contributed by atoms with Gasteiger partial charge in [0.1, 0.15) is 30.1 Å². The Bertz CT molecular complexity index is 514. The highest BCUT2D eigenvalue weighted by Gasteiger charge is 1.97. The third kappa shape index (κ3) is 4.24. The van der Waals surface area contributed by atoms with Crippen molar-refractivity contribution in [2.24, 2.45) is 0 Å². The second-order valence-electron chi connectivity index (χ2n) is 3.60. The number of ether oxygens (including phenoxy) is 1. The minimum absolute atomic E-state index is 0.0713. The van der Waals surface area contributed by atoms with E-state index in [0.717, 1.165) is 11.1 Å². The smallest absolute Gasteiger partial charge is 0.130 e. The van der Waals surface area contributed by atoms with Crippen molar-refractivity contribution in [3.05, 3.63) is 47.6 Å². The summed E-state index contributed by atoms with van der Waals surface area (Å²) in [5.41, 5.74) is 1.77. The fourth-order valence-corrected chi connectivity index (χ4v) is 1.16. The zero-order valence-corrected chi connectivity index (χ0v) is 9.60. The Hall–Kier alpha value is -2.52. The minimum Gasteiger partial charge on any atom is -0.489 e. The SMILES string of the molecule is C=C(C)COc1cccc(C=C(C#N)C#N)c1. The van der Waals surface area contributed by atoms with Gasteiger partial charge < -0.3 is 4.74 Å². The van der Waals surface area contributed by atoms with E-state index >= 15 is 0 Å². The van der Waals surface area contributed by atoms with Crippen LogP contribution in [0.15, 0.2) is 42.0 Å². The van der Waals surface area contributed by atoms with E-state index in [4.69, 9.17) is 15.3 Å². The van der Waals surface area contributed by atoms with Crippen molar-refractivity contribution >= 4 is 6.08 Å². The van der Waals surface area contributed by atoms with Crippen LogP contribution >= 0.6 is 0 Å². The van der Waals surface area contributed by atoms with Crippen molar-refractivity contribution in [3.63, 3.8) is 0 Å². The molecule has 0 aliphatic rings. The molecule has 0 aliphatic carbocycles. The predicted octanol–water partition coefficient (Wildman–Crippen LogP) is 3.07. The van der Waals surface area contributed by atoms with Crippen LogP contribution in [-0.4, -0.2) is 6.61 Å². The Morgan fingerprint density at radius 1 is 1.41 bits per heavy atom. The van der Waals surface area contributed by atoms with Crippen LogP contribution in [0, 0.1) is 22.7 Å². The molecule has 0 radical (unpaired) electrons. The Balaban J connectivity index is 2.87. The van der Waals surface area contributed by atoms with E-state index in [-0.39, 0.29) is 5.57 Å². The molecule has 0 saturated heterocycles. The monoisotopic (exact) mass is 224 g/mol. The first-order valence-corrected chi connectivity index (χ1v) is 5.05. The van der Waals surface area contributed by atoms with Gasteiger partial charge in [-0.2, -0.15) is 10.5 Å². The fraction of sp³-hybridized carbons (Fsp3) is 0.143. The van der Waals surface area contributed by atoms with Gasteiger partial charge in [0.2, 0.25) is 0 Å². The molecule has 1 aromatic carbocycles. The van der Waals surface area contributed by atoms with E-state index in [1.54, 1.807) is 6.07 Å². The Morgan fingerprint density at radius 2 is 2.12 bits per heavy atom. The molecule has 0 spiro atoms. The predicted molar refractivity (Wildman–Crippen MR) is 66.0 cm³/mol. The van der Waals surface area contributed by atoms with Crippen molar-refractivity contribution in [1.82, 2.24) is 0 Å². The van der Waals surface area contributed by atoms with E-state index in [1.165, 1.54) is 6.08 Å². The van der Waals surface area contributed by atoms with E-state index < -0.39 is 0 Å². The maximum Gasteiger partial charge on any atom is 0.130 e. The Labute approximate surface area is 101 Å². The van der Waals surface area contributed by atoms with Crippen molar-refractivity contribution < 1.29 is 4.74 Å². The molecule has 0 atom stereocenters. The van der Waals surface area contributed by atoms with Crippen LogP contribution in [0.3, 0.4) is 0 Å². The highest BCUT2D eigenvalue weighted by molar-refractivity contribution is 5.62. The summed E-state index contributed by atoms with van der Waals surface area (Å²) in [6, 6.07) is 10.8.